The smallest absolute Gasteiger partial charge is 0.387 e. The molecule has 1 aliphatic rings. The molecule has 0 spiro atoms. The van der Waals surface area contributed by atoms with E-state index in [1.165, 1.54) is 18.5 Å². The molecule has 9 heteroatoms. The highest BCUT2D eigenvalue weighted by molar-refractivity contribution is 5.92. The van der Waals surface area contributed by atoms with E-state index < -0.39 is 18.6 Å². The number of hydrogen-bond acceptors (Lipinski definition) is 6. The van der Waals surface area contributed by atoms with Gasteiger partial charge in [0.15, 0.2) is 0 Å². The van der Waals surface area contributed by atoms with Crippen molar-refractivity contribution in [2.24, 2.45) is 0 Å². The van der Waals surface area contributed by atoms with Crippen LogP contribution in [-0.4, -0.2) is 34.0 Å². The maximum atomic E-state index is 12.8. The Hall–Kier alpha value is -2.97. The summed E-state index contributed by atoms with van der Waals surface area (Å²) in [6, 6.07) is 5.52. The van der Waals surface area contributed by atoms with E-state index in [9.17, 15) is 13.6 Å². The highest BCUT2D eigenvalue weighted by Gasteiger charge is 2.34. The van der Waals surface area contributed by atoms with Crippen molar-refractivity contribution in [3.63, 3.8) is 0 Å². The standard InChI is InChI=1S/C19H22F2N4O3/c1-3-4-5-10-27-17(26)15-12(2)24-19-22-11-23-25(19)16(15)13-6-8-14(9-7-13)28-18(20)21/h6-9,11,16,18H,3-5,10H2,1-2H3,(H,22,23,24)/t16-/m0/s1. The van der Waals surface area contributed by atoms with E-state index >= 15 is 0 Å². The van der Waals surface area contributed by atoms with Gasteiger partial charge in [0, 0.05) is 5.70 Å². The molecule has 1 N–H and O–H groups in total. The lowest BCUT2D eigenvalue weighted by atomic mass is 9.96. The summed E-state index contributed by atoms with van der Waals surface area (Å²) in [6.07, 6.45) is 4.18. The summed E-state index contributed by atoms with van der Waals surface area (Å²) in [5.74, 6) is 0.0778. The molecule has 1 aromatic heterocycles. The highest BCUT2D eigenvalue weighted by Crippen LogP contribution is 2.35. The van der Waals surface area contributed by atoms with E-state index in [0.717, 1.165) is 19.3 Å². The fraction of sp³-hybridized carbons (Fsp3) is 0.421. The zero-order chi connectivity index (χ0) is 20.1. The van der Waals surface area contributed by atoms with Crippen LogP contribution in [0, 0.1) is 0 Å². The van der Waals surface area contributed by atoms with Crippen LogP contribution in [-0.2, 0) is 9.53 Å². The average molecular weight is 392 g/mol. The lowest BCUT2D eigenvalue weighted by molar-refractivity contribution is -0.139. The summed E-state index contributed by atoms with van der Waals surface area (Å²) >= 11 is 0. The fourth-order valence-electron chi connectivity index (χ4n) is 3.09. The minimum absolute atomic E-state index is 0.0379. The number of aromatic nitrogens is 3. The largest absolute Gasteiger partial charge is 0.462 e. The number of unbranched alkanes of at least 4 members (excludes halogenated alkanes) is 2. The number of carbonyl (C=O) groups is 1. The molecule has 150 valence electrons. The van der Waals surface area contributed by atoms with Crippen LogP contribution in [0.1, 0.15) is 44.7 Å². The number of rotatable bonds is 8. The third-order valence-electron chi connectivity index (χ3n) is 4.42. The summed E-state index contributed by atoms with van der Waals surface area (Å²) in [4.78, 5) is 16.9. The Morgan fingerprint density at radius 3 is 2.71 bits per heavy atom. The first-order valence-electron chi connectivity index (χ1n) is 9.10. The van der Waals surface area contributed by atoms with Gasteiger partial charge in [0.2, 0.25) is 5.95 Å². The van der Waals surface area contributed by atoms with Gasteiger partial charge in [0.05, 0.1) is 12.2 Å². The van der Waals surface area contributed by atoms with Crippen molar-refractivity contribution in [3.8, 4) is 5.75 Å². The molecule has 0 amide bonds. The van der Waals surface area contributed by atoms with Gasteiger partial charge < -0.3 is 14.8 Å². The number of nitrogens with one attached hydrogen (secondary N) is 1. The minimum atomic E-state index is -2.90. The molecule has 2 aromatic rings. The number of allylic oxidation sites excluding steroid dienone is 1. The van der Waals surface area contributed by atoms with Gasteiger partial charge in [-0.2, -0.15) is 18.9 Å². The summed E-state index contributed by atoms with van der Waals surface area (Å²) in [6.45, 7) is 1.27. The van der Waals surface area contributed by atoms with Crippen LogP contribution in [0.2, 0.25) is 0 Å². The predicted molar refractivity (Wildman–Crippen MR) is 98.0 cm³/mol. The molecule has 2 heterocycles. The molecule has 0 saturated carbocycles. The van der Waals surface area contributed by atoms with Crippen LogP contribution in [0.25, 0.3) is 0 Å². The third kappa shape index (κ3) is 4.29. The van der Waals surface area contributed by atoms with Crippen LogP contribution in [0.4, 0.5) is 14.7 Å². The molecule has 0 radical (unpaired) electrons. The van der Waals surface area contributed by atoms with Crippen LogP contribution >= 0.6 is 0 Å². The zero-order valence-electron chi connectivity index (χ0n) is 15.7. The normalized spacial score (nSPS) is 16.0. The first-order chi connectivity index (χ1) is 13.5. The maximum Gasteiger partial charge on any atom is 0.387 e. The number of anilines is 1. The van der Waals surface area contributed by atoms with E-state index in [2.05, 4.69) is 27.1 Å². The first-order valence-corrected chi connectivity index (χ1v) is 9.10. The molecule has 3 rings (SSSR count). The van der Waals surface area contributed by atoms with Crippen molar-refractivity contribution in [1.82, 2.24) is 14.8 Å². The quantitative estimate of drug-likeness (QED) is 0.542. The van der Waals surface area contributed by atoms with Crippen LogP contribution in [0.15, 0.2) is 41.9 Å². The first kappa shape index (κ1) is 19.8. The number of ether oxygens (including phenoxy) is 2. The topological polar surface area (TPSA) is 78.3 Å². The lowest BCUT2D eigenvalue weighted by Gasteiger charge is -2.28. The van der Waals surface area contributed by atoms with E-state index in [4.69, 9.17) is 4.74 Å². The lowest BCUT2D eigenvalue weighted by Crippen LogP contribution is -2.29. The number of nitrogens with zero attached hydrogens (tertiary/aromatic N) is 3. The highest BCUT2D eigenvalue weighted by atomic mass is 19.3. The van der Waals surface area contributed by atoms with Gasteiger partial charge in [-0.25, -0.2) is 9.48 Å². The zero-order valence-corrected chi connectivity index (χ0v) is 15.7. The maximum absolute atomic E-state index is 12.8. The van der Waals surface area contributed by atoms with Crippen LogP contribution in [0.3, 0.4) is 0 Å². The van der Waals surface area contributed by atoms with Crippen LogP contribution in [0.5, 0.6) is 5.75 Å². The number of halogens is 2. The average Bonchev–Trinajstić information content (AvgIpc) is 3.12. The molecule has 28 heavy (non-hydrogen) atoms. The molecule has 1 atom stereocenters. The molecule has 0 unspecified atom stereocenters. The third-order valence-corrected chi connectivity index (χ3v) is 4.42. The van der Waals surface area contributed by atoms with Gasteiger partial charge >= 0.3 is 12.6 Å². The number of benzene rings is 1. The molecule has 7 nitrogen and oxygen atoms in total. The second-order valence-corrected chi connectivity index (χ2v) is 6.38. The Morgan fingerprint density at radius 2 is 2.04 bits per heavy atom. The van der Waals surface area contributed by atoms with Crippen molar-refractivity contribution >= 4 is 11.9 Å². The molecule has 0 aliphatic carbocycles. The van der Waals surface area contributed by atoms with E-state index in [1.807, 2.05) is 0 Å². The van der Waals surface area contributed by atoms with Crippen LogP contribution < -0.4 is 10.1 Å². The summed E-state index contributed by atoms with van der Waals surface area (Å²) < 4.78 is 36.2. The summed E-state index contributed by atoms with van der Waals surface area (Å²) in [5.41, 5.74) is 1.69. The molecule has 0 fully saturated rings. The van der Waals surface area contributed by atoms with Crippen molar-refractivity contribution in [1.29, 1.82) is 0 Å². The van der Waals surface area contributed by atoms with E-state index in [0.29, 0.717) is 29.4 Å². The molecule has 0 bridgehead atoms. The monoisotopic (exact) mass is 392 g/mol. The minimum Gasteiger partial charge on any atom is -0.462 e. The van der Waals surface area contributed by atoms with Gasteiger partial charge in [-0.05, 0) is 31.0 Å². The van der Waals surface area contributed by atoms with Crippen molar-refractivity contribution in [2.75, 3.05) is 11.9 Å². The molecule has 0 saturated heterocycles. The van der Waals surface area contributed by atoms with Crippen molar-refractivity contribution in [2.45, 2.75) is 45.8 Å². The van der Waals surface area contributed by atoms with Gasteiger partial charge in [0.25, 0.3) is 0 Å². The van der Waals surface area contributed by atoms with Gasteiger partial charge in [-0.3, -0.25) is 0 Å². The number of hydrogen-bond donors (Lipinski definition) is 1. The second kappa shape index (κ2) is 8.81. The van der Waals surface area contributed by atoms with Crippen molar-refractivity contribution in [3.05, 3.63) is 47.4 Å². The van der Waals surface area contributed by atoms with E-state index in [-0.39, 0.29) is 5.75 Å². The number of carbonyl (C=O) groups excluding carboxylic acids is 1. The van der Waals surface area contributed by atoms with Gasteiger partial charge in [-0.15, -0.1) is 0 Å². The molecule has 1 aliphatic heterocycles. The van der Waals surface area contributed by atoms with E-state index in [1.54, 1.807) is 23.7 Å². The summed E-state index contributed by atoms with van der Waals surface area (Å²) in [7, 11) is 0. The second-order valence-electron chi connectivity index (χ2n) is 6.38. The fourth-order valence-corrected chi connectivity index (χ4v) is 3.09. The van der Waals surface area contributed by atoms with Gasteiger partial charge in [-0.1, -0.05) is 31.9 Å². The molecule has 1 aromatic carbocycles. The number of fused-ring (bicyclic) bond motifs is 1. The molecular weight excluding hydrogens is 370 g/mol. The predicted octanol–water partition coefficient (Wildman–Crippen LogP) is 3.90. The van der Waals surface area contributed by atoms with Crippen molar-refractivity contribution < 1.29 is 23.0 Å². The Morgan fingerprint density at radius 1 is 1.29 bits per heavy atom. The Labute approximate surface area is 161 Å². The number of esters is 1. The Balaban J connectivity index is 1.89. The Bertz CT molecular complexity index is 849. The SMILES string of the molecule is CCCCCOC(=O)C1=C(C)Nc2ncnn2[C@H]1c1ccc(OC(F)F)cc1. The number of alkyl halides is 2. The van der Waals surface area contributed by atoms with Gasteiger partial charge in [0.1, 0.15) is 18.1 Å². The molecular formula is C19H22F2N4O3. The Kier molecular flexibility index (Phi) is 6.23. The summed E-state index contributed by atoms with van der Waals surface area (Å²) in [5, 5.41) is 7.27.